The lowest BCUT2D eigenvalue weighted by molar-refractivity contribution is 0.0636. The predicted octanol–water partition coefficient (Wildman–Crippen LogP) is 3.06. The third-order valence-electron chi connectivity index (χ3n) is 1.43. The molecule has 0 aliphatic carbocycles. The van der Waals surface area contributed by atoms with E-state index in [0.29, 0.717) is 5.13 Å². The van der Waals surface area contributed by atoms with Gasteiger partial charge in [0.2, 0.25) is 0 Å². The molecule has 0 atom stereocenters. The average Bonchev–Trinajstić information content (AvgIpc) is 2.48. The van der Waals surface area contributed by atoms with Crippen LogP contribution in [0.5, 0.6) is 0 Å². The maximum absolute atomic E-state index is 11.3. The first-order valence-electron chi connectivity index (χ1n) is 4.65. The van der Waals surface area contributed by atoms with Crippen molar-refractivity contribution in [1.29, 1.82) is 0 Å². The van der Waals surface area contributed by atoms with Gasteiger partial charge in [-0.15, -0.1) is 11.3 Å². The van der Waals surface area contributed by atoms with Crippen LogP contribution in [0.15, 0.2) is 5.38 Å². The van der Waals surface area contributed by atoms with Gasteiger partial charge in [-0.05, 0) is 20.8 Å². The molecule has 1 amide bonds. The highest BCUT2D eigenvalue weighted by Gasteiger charge is 2.16. The second kappa shape index (κ2) is 4.61. The normalized spacial score (nSPS) is 11.2. The van der Waals surface area contributed by atoms with Gasteiger partial charge >= 0.3 is 6.09 Å². The fourth-order valence-electron chi connectivity index (χ4n) is 0.867. The van der Waals surface area contributed by atoms with Crippen molar-refractivity contribution in [2.45, 2.75) is 33.3 Å². The Balaban J connectivity index is 2.51. The molecule has 0 aromatic carbocycles. The number of carbonyl (C=O) groups is 1. The number of nitrogens with one attached hydrogen (secondary N) is 1. The van der Waals surface area contributed by atoms with E-state index in [9.17, 15) is 4.79 Å². The van der Waals surface area contributed by atoms with E-state index in [1.54, 1.807) is 0 Å². The van der Waals surface area contributed by atoms with E-state index in [4.69, 9.17) is 4.74 Å². The number of carbonyl (C=O) groups excluding carboxylic acids is 1. The van der Waals surface area contributed by atoms with E-state index < -0.39 is 11.7 Å². The smallest absolute Gasteiger partial charge is 0.413 e. The second-order valence-corrected chi connectivity index (χ2v) is 4.85. The molecule has 0 saturated carbocycles. The molecule has 0 unspecified atom stereocenters. The predicted molar refractivity (Wildman–Crippen MR) is 61.0 cm³/mol. The van der Waals surface area contributed by atoms with E-state index in [0.717, 1.165) is 5.69 Å². The fraction of sp³-hybridized carbons (Fsp3) is 0.500. The molecule has 0 spiro atoms. The summed E-state index contributed by atoms with van der Waals surface area (Å²) in [6, 6.07) is 0. The molecule has 1 heterocycles. The molecule has 83 valence electrons. The van der Waals surface area contributed by atoms with Gasteiger partial charge in [-0.2, -0.15) is 0 Å². The van der Waals surface area contributed by atoms with Crippen LogP contribution in [-0.4, -0.2) is 16.7 Å². The van der Waals surface area contributed by atoms with Crippen LogP contribution >= 0.6 is 11.3 Å². The maximum Gasteiger partial charge on any atom is 0.413 e. The van der Waals surface area contributed by atoms with Gasteiger partial charge in [-0.1, -0.05) is 6.92 Å². The highest BCUT2D eigenvalue weighted by Crippen LogP contribution is 2.17. The molecule has 5 heteroatoms. The summed E-state index contributed by atoms with van der Waals surface area (Å²) in [4.78, 5) is 15.5. The Labute approximate surface area is 93.7 Å². The monoisotopic (exact) mass is 227 g/mol. The standard InChI is InChI=1S/C10H15N2O2S/c1-5-7-6-15-8(11-7)12-9(13)14-10(2,3)4/h5-6H,1-4H3,(H,11,12,13). The maximum atomic E-state index is 11.3. The van der Waals surface area contributed by atoms with Crippen LogP contribution in [-0.2, 0) is 4.74 Å². The van der Waals surface area contributed by atoms with Crippen LogP contribution in [0.1, 0.15) is 33.4 Å². The van der Waals surface area contributed by atoms with Crippen molar-refractivity contribution in [1.82, 2.24) is 4.98 Å². The second-order valence-electron chi connectivity index (χ2n) is 3.99. The van der Waals surface area contributed by atoms with Crippen molar-refractivity contribution in [3.05, 3.63) is 17.5 Å². The molecule has 1 N–H and O–H groups in total. The first kappa shape index (κ1) is 12.0. The van der Waals surface area contributed by atoms with Gasteiger partial charge in [-0.3, -0.25) is 5.32 Å². The number of aromatic nitrogens is 1. The van der Waals surface area contributed by atoms with E-state index in [2.05, 4.69) is 10.3 Å². The molecule has 15 heavy (non-hydrogen) atoms. The molecular formula is C10H15N2O2S. The Bertz CT molecular complexity index is 341. The molecule has 1 aromatic rings. The summed E-state index contributed by atoms with van der Waals surface area (Å²) in [5.41, 5.74) is 0.368. The lowest BCUT2D eigenvalue weighted by Crippen LogP contribution is -2.27. The van der Waals surface area contributed by atoms with Gasteiger partial charge in [0.1, 0.15) is 5.60 Å². The lowest BCUT2D eigenvalue weighted by Gasteiger charge is -2.18. The molecule has 1 aromatic heterocycles. The summed E-state index contributed by atoms with van der Waals surface area (Å²) in [6.07, 6.45) is 1.40. The number of rotatable bonds is 2. The Hall–Kier alpha value is -1.10. The minimum atomic E-state index is -0.485. The van der Waals surface area contributed by atoms with Gasteiger partial charge < -0.3 is 4.74 Å². The Morgan fingerprint density at radius 2 is 2.27 bits per heavy atom. The number of amides is 1. The van der Waals surface area contributed by atoms with Crippen LogP contribution in [0.3, 0.4) is 0 Å². The molecule has 4 nitrogen and oxygen atoms in total. The summed E-state index contributed by atoms with van der Waals surface area (Å²) in [5.74, 6) is 0. The van der Waals surface area contributed by atoms with Crippen LogP contribution in [0.2, 0.25) is 0 Å². The molecule has 0 saturated heterocycles. The van der Waals surface area contributed by atoms with E-state index in [-0.39, 0.29) is 0 Å². The zero-order valence-corrected chi connectivity index (χ0v) is 10.1. The SMILES string of the molecule is C[CH]c1csc(NC(=O)OC(C)(C)C)n1. The van der Waals surface area contributed by atoms with Crippen molar-refractivity contribution in [2.24, 2.45) is 0 Å². The highest BCUT2D eigenvalue weighted by atomic mass is 32.1. The Morgan fingerprint density at radius 1 is 1.60 bits per heavy atom. The summed E-state index contributed by atoms with van der Waals surface area (Å²) in [5, 5.41) is 5.00. The molecule has 0 aliphatic rings. The molecule has 0 bridgehead atoms. The quantitative estimate of drug-likeness (QED) is 0.844. The van der Waals surface area contributed by atoms with Gasteiger partial charge in [-0.25, -0.2) is 9.78 Å². The van der Waals surface area contributed by atoms with Crippen LogP contribution in [0, 0.1) is 6.42 Å². The molecule has 0 aliphatic heterocycles. The zero-order chi connectivity index (χ0) is 11.5. The fourth-order valence-corrected chi connectivity index (χ4v) is 1.59. The highest BCUT2D eigenvalue weighted by molar-refractivity contribution is 7.13. The number of hydrogen-bond acceptors (Lipinski definition) is 4. The largest absolute Gasteiger partial charge is 0.444 e. The molecule has 1 rings (SSSR count). The summed E-state index contributed by atoms with van der Waals surface area (Å²) < 4.78 is 5.09. The van der Waals surface area contributed by atoms with Crippen LogP contribution in [0.4, 0.5) is 9.93 Å². The van der Waals surface area contributed by atoms with Gasteiger partial charge in [0.05, 0.1) is 5.69 Å². The van der Waals surface area contributed by atoms with E-state index >= 15 is 0 Å². The average molecular weight is 227 g/mol. The Kier molecular flexibility index (Phi) is 3.68. The zero-order valence-electron chi connectivity index (χ0n) is 9.33. The minimum absolute atomic E-state index is 0.473. The van der Waals surface area contributed by atoms with Crippen molar-refractivity contribution < 1.29 is 9.53 Å². The van der Waals surface area contributed by atoms with Gasteiger partial charge in [0.25, 0.3) is 0 Å². The number of nitrogens with zero attached hydrogens (tertiary/aromatic N) is 1. The van der Waals surface area contributed by atoms with Crippen molar-refractivity contribution in [2.75, 3.05) is 5.32 Å². The molecule has 1 radical (unpaired) electrons. The summed E-state index contributed by atoms with van der Waals surface area (Å²) >= 11 is 1.37. The van der Waals surface area contributed by atoms with Gasteiger partial charge in [0, 0.05) is 11.8 Å². The number of anilines is 1. The van der Waals surface area contributed by atoms with Crippen LogP contribution in [0.25, 0.3) is 0 Å². The number of ether oxygens (including phenoxy) is 1. The van der Waals surface area contributed by atoms with Crippen molar-refractivity contribution in [3.8, 4) is 0 Å². The van der Waals surface area contributed by atoms with Gasteiger partial charge in [0.15, 0.2) is 5.13 Å². The lowest BCUT2D eigenvalue weighted by atomic mass is 10.2. The number of hydrogen-bond donors (Lipinski definition) is 1. The third kappa shape index (κ3) is 4.29. The minimum Gasteiger partial charge on any atom is -0.444 e. The third-order valence-corrected chi connectivity index (χ3v) is 2.20. The molecule has 0 fully saturated rings. The van der Waals surface area contributed by atoms with Crippen molar-refractivity contribution in [3.63, 3.8) is 0 Å². The summed E-state index contributed by atoms with van der Waals surface area (Å²) in [6.45, 7) is 7.35. The first-order chi connectivity index (χ1) is 6.90. The summed E-state index contributed by atoms with van der Waals surface area (Å²) in [7, 11) is 0. The molecular weight excluding hydrogens is 212 g/mol. The number of thiazole rings is 1. The first-order valence-corrected chi connectivity index (χ1v) is 5.53. The topological polar surface area (TPSA) is 51.2 Å². The van der Waals surface area contributed by atoms with Crippen molar-refractivity contribution >= 4 is 22.6 Å². The Morgan fingerprint density at radius 3 is 2.73 bits per heavy atom. The van der Waals surface area contributed by atoms with E-state index in [1.807, 2.05) is 39.5 Å². The van der Waals surface area contributed by atoms with E-state index in [1.165, 1.54) is 11.3 Å². The van der Waals surface area contributed by atoms with Crippen LogP contribution < -0.4 is 5.32 Å².